The fourth-order valence-corrected chi connectivity index (χ4v) is 9.52. The Morgan fingerprint density at radius 2 is 1.72 bits per heavy atom. The van der Waals surface area contributed by atoms with Gasteiger partial charge in [-0.1, -0.05) is 53.9 Å². The van der Waals surface area contributed by atoms with Gasteiger partial charge in [-0.15, -0.1) is 0 Å². The van der Waals surface area contributed by atoms with Gasteiger partial charge < -0.3 is 0 Å². The van der Waals surface area contributed by atoms with Crippen LogP contribution in [-0.2, 0) is 4.79 Å². The fourth-order valence-electron chi connectivity index (χ4n) is 8.67. The lowest BCUT2D eigenvalue weighted by Gasteiger charge is -2.58. The second-order valence-electron chi connectivity index (χ2n) is 12.1. The smallest absolute Gasteiger partial charge is 0.169 e. The van der Waals surface area contributed by atoms with E-state index in [1.54, 1.807) is 0 Å². The van der Waals surface area contributed by atoms with Gasteiger partial charge in [0.05, 0.1) is 4.48 Å². The Hall–Kier alpha value is -0.110. The zero-order chi connectivity index (χ0) is 21.0. The van der Waals surface area contributed by atoms with Crippen molar-refractivity contribution in [3.05, 3.63) is 10.1 Å². The molecule has 0 bridgehead atoms. The van der Waals surface area contributed by atoms with Crippen molar-refractivity contribution in [3.63, 3.8) is 0 Å². The van der Waals surface area contributed by atoms with E-state index >= 15 is 0 Å². The van der Waals surface area contributed by atoms with E-state index in [4.69, 9.17) is 0 Å². The molecule has 3 saturated carbocycles. The van der Waals surface area contributed by atoms with Crippen LogP contribution in [-0.4, -0.2) is 5.78 Å². The largest absolute Gasteiger partial charge is 0.294 e. The molecule has 29 heavy (non-hydrogen) atoms. The average Bonchev–Trinajstić information content (AvgIpc) is 3.02. The monoisotopic (exact) mass is 462 g/mol. The fraction of sp³-hybridized carbons (Fsp3) is 0.889. The van der Waals surface area contributed by atoms with Crippen molar-refractivity contribution in [1.29, 1.82) is 0 Å². The summed E-state index contributed by atoms with van der Waals surface area (Å²) < 4.78 is 0.959. The van der Waals surface area contributed by atoms with Crippen molar-refractivity contribution in [2.75, 3.05) is 0 Å². The van der Waals surface area contributed by atoms with E-state index in [2.05, 4.69) is 50.5 Å². The molecular formula is C27H43BrO. The van der Waals surface area contributed by atoms with Crippen LogP contribution in [0.3, 0.4) is 0 Å². The van der Waals surface area contributed by atoms with Gasteiger partial charge in [-0.2, -0.15) is 0 Å². The summed E-state index contributed by atoms with van der Waals surface area (Å²) in [4.78, 5) is 12.3. The first-order chi connectivity index (χ1) is 13.7. The number of Topliss-reactive ketones (excluding diaryl/α,β-unsaturated/α-hetero) is 1. The number of rotatable bonds is 5. The molecule has 0 N–H and O–H groups in total. The Morgan fingerprint density at radius 3 is 2.45 bits per heavy atom. The lowest BCUT2D eigenvalue weighted by atomic mass is 9.46. The van der Waals surface area contributed by atoms with Gasteiger partial charge in [0.1, 0.15) is 0 Å². The number of carbonyl (C=O) groups is 1. The number of ketones is 1. The van der Waals surface area contributed by atoms with Crippen molar-refractivity contribution in [2.24, 2.45) is 46.3 Å². The maximum atomic E-state index is 12.3. The molecule has 4 aliphatic carbocycles. The third-order valence-corrected chi connectivity index (χ3v) is 11.2. The van der Waals surface area contributed by atoms with Crippen LogP contribution in [0.4, 0.5) is 0 Å². The van der Waals surface area contributed by atoms with E-state index in [0.29, 0.717) is 11.2 Å². The Kier molecular flexibility index (Phi) is 6.17. The van der Waals surface area contributed by atoms with Crippen LogP contribution < -0.4 is 0 Å². The van der Waals surface area contributed by atoms with Crippen molar-refractivity contribution in [3.8, 4) is 0 Å². The van der Waals surface area contributed by atoms with E-state index < -0.39 is 0 Å². The zero-order valence-electron chi connectivity index (χ0n) is 19.5. The van der Waals surface area contributed by atoms with Crippen molar-refractivity contribution >= 4 is 21.7 Å². The molecule has 0 heterocycles. The average molecular weight is 464 g/mol. The lowest BCUT2D eigenvalue weighted by molar-refractivity contribution is -0.118. The summed E-state index contributed by atoms with van der Waals surface area (Å²) in [7, 11) is 0. The Bertz CT molecular complexity index is 678. The van der Waals surface area contributed by atoms with Crippen LogP contribution in [0.25, 0.3) is 0 Å². The van der Waals surface area contributed by atoms with Gasteiger partial charge in [0, 0.05) is 6.42 Å². The normalized spacial score (nSPS) is 43.2. The number of hydrogen-bond donors (Lipinski definition) is 0. The first-order valence-corrected chi connectivity index (χ1v) is 13.4. The molecule has 0 aromatic rings. The number of carbonyl (C=O) groups excluding carboxylic acids is 1. The van der Waals surface area contributed by atoms with E-state index in [-0.39, 0.29) is 5.41 Å². The van der Waals surface area contributed by atoms with Crippen molar-refractivity contribution in [1.82, 2.24) is 0 Å². The highest BCUT2D eigenvalue weighted by molar-refractivity contribution is 9.12. The Labute approximate surface area is 188 Å². The van der Waals surface area contributed by atoms with Crippen LogP contribution >= 0.6 is 15.9 Å². The minimum Gasteiger partial charge on any atom is -0.294 e. The molecule has 0 saturated heterocycles. The maximum absolute atomic E-state index is 12.3. The van der Waals surface area contributed by atoms with Crippen molar-refractivity contribution < 1.29 is 4.79 Å². The second kappa shape index (κ2) is 8.10. The molecular weight excluding hydrogens is 420 g/mol. The van der Waals surface area contributed by atoms with Gasteiger partial charge in [-0.25, -0.2) is 0 Å². The van der Waals surface area contributed by atoms with Gasteiger partial charge in [-0.3, -0.25) is 4.79 Å². The topological polar surface area (TPSA) is 17.1 Å². The van der Waals surface area contributed by atoms with E-state index in [1.165, 1.54) is 56.9 Å². The van der Waals surface area contributed by atoms with Crippen LogP contribution in [0, 0.1) is 46.3 Å². The summed E-state index contributed by atoms with van der Waals surface area (Å²) >= 11 is 3.71. The van der Waals surface area contributed by atoms with E-state index in [0.717, 1.165) is 59.3 Å². The van der Waals surface area contributed by atoms with Gasteiger partial charge in [-0.05, 0) is 113 Å². The minimum atomic E-state index is 0.276. The third-order valence-electron chi connectivity index (χ3n) is 10.3. The highest BCUT2D eigenvalue weighted by Crippen LogP contribution is 2.68. The van der Waals surface area contributed by atoms with Crippen LogP contribution in [0.1, 0.15) is 105 Å². The summed E-state index contributed by atoms with van der Waals surface area (Å²) in [5.74, 6) is 5.64. The van der Waals surface area contributed by atoms with E-state index in [9.17, 15) is 4.79 Å². The number of hydrogen-bond acceptors (Lipinski definition) is 1. The Balaban J connectivity index is 1.52. The molecule has 4 aliphatic rings. The summed E-state index contributed by atoms with van der Waals surface area (Å²) in [6, 6.07) is 0. The molecule has 4 rings (SSSR count). The molecule has 0 aromatic carbocycles. The molecule has 2 heteroatoms. The molecule has 0 unspecified atom stereocenters. The quantitative estimate of drug-likeness (QED) is 0.401. The molecule has 0 aliphatic heterocycles. The minimum absolute atomic E-state index is 0.276. The van der Waals surface area contributed by atoms with Gasteiger partial charge in [0.15, 0.2) is 5.78 Å². The standard InChI is InChI=1S/C27H43BrO/c1-17(2)7-6-8-18(3)20-11-12-21-19-9-10-23-25(28)24(29)14-16-27(23,5)22(19)13-15-26(20,21)4/h17-22H,6-16H2,1-5H3/t18-,19+,20-,21+,22+,26-,27-/m1/s1. The number of allylic oxidation sites excluding steroid dienone is 1. The first-order valence-electron chi connectivity index (χ1n) is 12.6. The SMILES string of the molecule is CC(C)CCC[C@@H](C)[C@H]1CC[C@H]2[C@@H]3CCC4=C(Br)C(=O)CC[C@]4(C)[C@H]3CC[C@]12C. The first kappa shape index (κ1) is 22.1. The van der Waals surface area contributed by atoms with Crippen LogP contribution in [0.5, 0.6) is 0 Å². The van der Waals surface area contributed by atoms with Crippen LogP contribution in [0.15, 0.2) is 10.1 Å². The summed E-state index contributed by atoms with van der Waals surface area (Å²) in [6.45, 7) is 12.5. The summed E-state index contributed by atoms with van der Waals surface area (Å²) in [5.41, 5.74) is 2.32. The highest BCUT2D eigenvalue weighted by atomic mass is 79.9. The van der Waals surface area contributed by atoms with Gasteiger partial charge >= 0.3 is 0 Å². The molecule has 164 valence electrons. The zero-order valence-corrected chi connectivity index (χ0v) is 21.1. The highest BCUT2D eigenvalue weighted by Gasteiger charge is 2.59. The van der Waals surface area contributed by atoms with E-state index in [1.807, 2.05) is 0 Å². The molecule has 3 fully saturated rings. The lowest BCUT2D eigenvalue weighted by Crippen LogP contribution is -2.51. The van der Waals surface area contributed by atoms with Crippen molar-refractivity contribution in [2.45, 2.75) is 105 Å². The molecule has 0 radical (unpaired) electrons. The number of halogens is 1. The molecule has 7 atom stereocenters. The predicted molar refractivity (Wildman–Crippen MR) is 126 cm³/mol. The summed E-state index contributed by atoms with van der Waals surface area (Å²) in [5, 5.41) is 0. The molecule has 0 spiro atoms. The Morgan fingerprint density at radius 1 is 0.966 bits per heavy atom. The molecule has 1 nitrogen and oxygen atoms in total. The molecule has 0 amide bonds. The maximum Gasteiger partial charge on any atom is 0.169 e. The van der Waals surface area contributed by atoms with Gasteiger partial charge in [0.25, 0.3) is 0 Å². The predicted octanol–water partition coefficient (Wildman–Crippen LogP) is 8.32. The third kappa shape index (κ3) is 3.62. The summed E-state index contributed by atoms with van der Waals surface area (Å²) in [6.07, 6.45) is 14.3. The number of fused-ring (bicyclic) bond motifs is 5. The second-order valence-corrected chi connectivity index (χ2v) is 12.9. The van der Waals surface area contributed by atoms with Gasteiger partial charge in [0.2, 0.25) is 0 Å². The van der Waals surface area contributed by atoms with Crippen LogP contribution in [0.2, 0.25) is 0 Å². The molecule has 0 aromatic heterocycles.